The maximum absolute atomic E-state index is 9.56. The van der Waals surface area contributed by atoms with Crippen LogP contribution in [-0.2, 0) is 12.8 Å². The van der Waals surface area contributed by atoms with Gasteiger partial charge in [-0.3, -0.25) is 0 Å². The molecular weight excluding hydrogens is 274 g/mol. The number of aryl methyl sites for hydroxylation is 2. The number of aromatic nitrogens is 1. The van der Waals surface area contributed by atoms with Crippen molar-refractivity contribution in [2.45, 2.75) is 32.6 Å². The molecule has 4 heteroatoms. The molecule has 0 spiro atoms. The number of nitrogen functional groups attached to an aromatic ring is 1. The third kappa shape index (κ3) is 2.29. The monoisotopic (exact) mass is 293 g/mol. The minimum atomic E-state index is 0.341. The number of anilines is 1. The normalized spacial score (nSPS) is 13.3. The second kappa shape index (κ2) is 5.69. The van der Waals surface area contributed by atoms with Crippen molar-refractivity contribution in [1.29, 1.82) is 5.26 Å². The average molecular weight is 293 g/mol. The highest BCUT2D eigenvalue weighted by Crippen LogP contribution is 2.38. The van der Waals surface area contributed by atoms with Gasteiger partial charge in [-0.25, -0.2) is 4.98 Å². The van der Waals surface area contributed by atoms with Crippen LogP contribution >= 0.6 is 0 Å². The van der Waals surface area contributed by atoms with E-state index in [0.717, 1.165) is 53.8 Å². The zero-order valence-electron chi connectivity index (χ0n) is 12.9. The highest BCUT2D eigenvalue weighted by atomic mass is 16.5. The summed E-state index contributed by atoms with van der Waals surface area (Å²) in [4.78, 5) is 4.46. The number of rotatable bonds is 2. The van der Waals surface area contributed by atoms with Crippen LogP contribution in [0.15, 0.2) is 18.2 Å². The largest absolute Gasteiger partial charge is 0.497 e. The van der Waals surface area contributed by atoms with Crippen LogP contribution in [0.3, 0.4) is 0 Å². The van der Waals surface area contributed by atoms with E-state index in [4.69, 9.17) is 10.5 Å². The van der Waals surface area contributed by atoms with Gasteiger partial charge in [-0.05, 0) is 61.4 Å². The van der Waals surface area contributed by atoms with E-state index in [1.54, 1.807) is 7.11 Å². The molecule has 0 atom stereocenters. The quantitative estimate of drug-likeness (QED) is 0.921. The van der Waals surface area contributed by atoms with Gasteiger partial charge in [-0.1, -0.05) is 6.07 Å². The summed E-state index contributed by atoms with van der Waals surface area (Å²) in [5.41, 5.74) is 11.9. The lowest BCUT2D eigenvalue weighted by atomic mass is 9.85. The lowest BCUT2D eigenvalue weighted by Gasteiger charge is -2.22. The number of nitriles is 1. The molecule has 1 heterocycles. The summed E-state index contributed by atoms with van der Waals surface area (Å²) in [6, 6.07) is 8.18. The van der Waals surface area contributed by atoms with E-state index < -0.39 is 0 Å². The van der Waals surface area contributed by atoms with Gasteiger partial charge in [-0.2, -0.15) is 5.26 Å². The van der Waals surface area contributed by atoms with Crippen molar-refractivity contribution >= 4 is 5.82 Å². The van der Waals surface area contributed by atoms with Crippen molar-refractivity contribution in [1.82, 2.24) is 4.98 Å². The summed E-state index contributed by atoms with van der Waals surface area (Å²) in [7, 11) is 1.65. The first kappa shape index (κ1) is 14.4. The number of benzene rings is 1. The SMILES string of the molecule is COc1ccc(-c2c(C#N)c(N)nc3c2CCCC3)c(C)c1. The molecule has 2 aromatic rings. The molecule has 0 saturated heterocycles. The molecule has 0 radical (unpaired) electrons. The maximum atomic E-state index is 9.56. The molecule has 1 aliphatic carbocycles. The van der Waals surface area contributed by atoms with Gasteiger partial charge in [0.25, 0.3) is 0 Å². The topological polar surface area (TPSA) is 71.9 Å². The average Bonchev–Trinajstić information content (AvgIpc) is 2.53. The molecule has 1 aromatic heterocycles. The Hall–Kier alpha value is -2.54. The number of pyridine rings is 1. The van der Waals surface area contributed by atoms with Crippen molar-refractivity contribution in [3.05, 3.63) is 40.6 Å². The van der Waals surface area contributed by atoms with Gasteiger partial charge in [0.15, 0.2) is 0 Å². The number of fused-ring (bicyclic) bond motifs is 1. The lowest BCUT2D eigenvalue weighted by molar-refractivity contribution is 0.414. The second-order valence-corrected chi connectivity index (χ2v) is 5.67. The van der Waals surface area contributed by atoms with Gasteiger partial charge >= 0.3 is 0 Å². The molecule has 0 fully saturated rings. The number of nitrogens with zero attached hydrogens (tertiary/aromatic N) is 2. The van der Waals surface area contributed by atoms with Crippen LogP contribution in [0.4, 0.5) is 5.82 Å². The Kier molecular flexibility index (Phi) is 3.72. The molecule has 22 heavy (non-hydrogen) atoms. The fourth-order valence-corrected chi connectivity index (χ4v) is 3.22. The Morgan fingerprint density at radius 2 is 2.05 bits per heavy atom. The highest BCUT2D eigenvalue weighted by molar-refractivity contribution is 5.81. The van der Waals surface area contributed by atoms with E-state index in [0.29, 0.717) is 11.4 Å². The Balaban J connectivity index is 2.30. The number of hydrogen-bond acceptors (Lipinski definition) is 4. The van der Waals surface area contributed by atoms with E-state index in [1.165, 1.54) is 5.56 Å². The van der Waals surface area contributed by atoms with Crippen LogP contribution in [0.2, 0.25) is 0 Å². The first-order valence-corrected chi connectivity index (χ1v) is 7.52. The molecule has 3 rings (SSSR count). The predicted molar refractivity (Wildman–Crippen MR) is 86.7 cm³/mol. The van der Waals surface area contributed by atoms with Crippen molar-refractivity contribution in [3.8, 4) is 22.9 Å². The summed E-state index contributed by atoms with van der Waals surface area (Å²) in [6.45, 7) is 2.03. The molecule has 0 unspecified atom stereocenters. The van der Waals surface area contributed by atoms with E-state index >= 15 is 0 Å². The number of nitrogens with two attached hydrogens (primary N) is 1. The molecule has 4 nitrogen and oxygen atoms in total. The van der Waals surface area contributed by atoms with Gasteiger partial charge < -0.3 is 10.5 Å². The smallest absolute Gasteiger partial charge is 0.142 e. The van der Waals surface area contributed by atoms with Gasteiger partial charge in [0.2, 0.25) is 0 Å². The first-order valence-electron chi connectivity index (χ1n) is 7.52. The summed E-state index contributed by atoms with van der Waals surface area (Å²) >= 11 is 0. The highest BCUT2D eigenvalue weighted by Gasteiger charge is 2.22. The minimum absolute atomic E-state index is 0.341. The van der Waals surface area contributed by atoms with Gasteiger partial charge in [0.05, 0.1) is 7.11 Å². The van der Waals surface area contributed by atoms with E-state index in [2.05, 4.69) is 11.1 Å². The molecule has 0 amide bonds. The van der Waals surface area contributed by atoms with Crippen LogP contribution in [0.1, 0.15) is 35.2 Å². The van der Waals surface area contributed by atoms with Crippen LogP contribution in [0.5, 0.6) is 5.75 Å². The summed E-state index contributed by atoms with van der Waals surface area (Å²) in [6.07, 6.45) is 4.16. The molecule has 0 bridgehead atoms. The van der Waals surface area contributed by atoms with Gasteiger partial charge in [0, 0.05) is 11.3 Å². The van der Waals surface area contributed by atoms with Crippen LogP contribution < -0.4 is 10.5 Å². The van der Waals surface area contributed by atoms with Crippen molar-refractivity contribution in [2.75, 3.05) is 12.8 Å². The zero-order valence-corrected chi connectivity index (χ0v) is 12.9. The summed E-state index contributed by atoms with van der Waals surface area (Å²) in [5, 5.41) is 9.56. The Morgan fingerprint density at radius 3 is 2.73 bits per heavy atom. The van der Waals surface area contributed by atoms with Crippen molar-refractivity contribution in [3.63, 3.8) is 0 Å². The molecular formula is C18H19N3O. The third-order valence-corrected chi connectivity index (χ3v) is 4.32. The Bertz CT molecular complexity index is 775. The standard InChI is InChI=1S/C18H19N3O/c1-11-9-12(22-2)7-8-13(11)17-14-5-3-4-6-16(14)21-18(20)15(17)10-19/h7-9H,3-6H2,1-2H3,(H2,20,21). The van der Waals surface area contributed by atoms with Crippen LogP contribution in [-0.4, -0.2) is 12.1 Å². The molecule has 1 aromatic carbocycles. The van der Waals surface area contributed by atoms with Crippen LogP contribution in [0, 0.1) is 18.3 Å². The number of ether oxygens (including phenoxy) is 1. The molecule has 1 aliphatic rings. The number of methoxy groups -OCH3 is 1. The van der Waals surface area contributed by atoms with Gasteiger partial charge in [-0.15, -0.1) is 0 Å². The van der Waals surface area contributed by atoms with Crippen LogP contribution in [0.25, 0.3) is 11.1 Å². The fraction of sp³-hybridized carbons (Fsp3) is 0.333. The molecule has 112 valence electrons. The zero-order chi connectivity index (χ0) is 15.7. The van der Waals surface area contributed by atoms with Gasteiger partial charge in [0.1, 0.15) is 23.2 Å². The Morgan fingerprint density at radius 1 is 1.27 bits per heavy atom. The molecule has 0 saturated carbocycles. The number of hydrogen-bond donors (Lipinski definition) is 1. The fourth-order valence-electron chi connectivity index (χ4n) is 3.22. The molecule has 2 N–H and O–H groups in total. The third-order valence-electron chi connectivity index (χ3n) is 4.32. The maximum Gasteiger partial charge on any atom is 0.142 e. The minimum Gasteiger partial charge on any atom is -0.497 e. The van der Waals surface area contributed by atoms with Crippen molar-refractivity contribution in [2.24, 2.45) is 0 Å². The lowest BCUT2D eigenvalue weighted by Crippen LogP contribution is -2.12. The summed E-state index contributed by atoms with van der Waals surface area (Å²) in [5.74, 6) is 1.16. The summed E-state index contributed by atoms with van der Waals surface area (Å²) < 4.78 is 5.28. The van der Waals surface area contributed by atoms with E-state index in [-0.39, 0.29) is 0 Å². The van der Waals surface area contributed by atoms with E-state index in [1.807, 2.05) is 25.1 Å². The second-order valence-electron chi connectivity index (χ2n) is 5.67. The predicted octanol–water partition coefficient (Wildman–Crippen LogP) is 3.40. The van der Waals surface area contributed by atoms with E-state index in [9.17, 15) is 5.26 Å². The first-order chi connectivity index (χ1) is 10.7. The molecule has 0 aliphatic heterocycles. The van der Waals surface area contributed by atoms with Crippen molar-refractivity contribution < 1.29 is 4.74 Å². The Labute approximate surface area is 130 Å².